The minimum absolute atomic E-state index is 0.159. The van der Waals surface area contributed by atoms with E-state index in [1.54, 1.807) is 18.2 Å². The molecule has 4 aromatic rings. The Morgan fingerprint density at radius 2 is 1.50 bits per heavy atom. The van der Waals surface area contributed by atoms with Gasteiger partial charge in [-0.1, -0.05) is 60.7 Å². The highest BCUT2D eigenvalue weighted by Crippen LogP contribution is 2.30. The Kier molecular flexibility index (Phi) is 4.53. The van der Waals surface area contributed by atoms with Crippen molar-refractivity contribution in [1.29, 1.82) is 0 Å². The molecule has 0 unspecified atom stereocenters. The molecule has 0 saturated carbocycles. The molecule has 1 aromatic heterocycles. The normalized spacial score (nSPS) is 10.8. The number of amides is 1. The molecule has 0 spiro atoms. The summed E-state index contributed by atoms with van der Waals surface area (Å²) >= 11 is 0. The lowest BCUT2D eigenvalue weighted by Crippen LogP contribution is -2.17. The minimum atomic E-state index is -0.314. The van der Waals surface area contributed by atoms with E-state index in [0.29, 0.717) is 27.7 Å². The van der Waals surface area contributed by atoms with E-state index in [0.717, 1.165) is 11.1 Å². The Labute approximate surface area is 162 Å². The standard InChI is InChI=1S/C24H19NO3/c1-15-9-6-7-13-18(15)23(27)25-24-20(17-11-4-3-5-12-17)21(26)19-14-8-10-16(2)22(19)28-24/h3-14H,1-2H3,(H,25,27). The van der Waals surface area contributed by atoms with Gasteiger partial charge in [-0.3, -0.25) is 14.9 Å². The van der Waals surface area contributed by atoms with E-state index in [4.69, 9.17) is 4.42 Å². The molecule has 4 nitrogen and oxygen atoms in total. The molecule has 0 saturated heterocycles. The number of nitrogens with one attached hydrogen (secondary N) is 1. The fraction of sp³-hybridized carbons (Fsp3) is 0.0833. The molecule has 0 atom stereocenters. The number of hydrogen-bond acceptors (Lipinski definition) is 3. The summed E-state index contributed by atoms with van der Waals surface area (Å²) in [6.45, 7) is 3.74. The highest BCUT2D eigenvalue weighted by molar-refractivity contribution is 6.06. The quantitative estimate of drug-likeness (QED) is 0.531. The maximum atomic E-state index is 13.3. The predicted molar refractivity (Wildman–Crippen MR) is 112 cm³/mol. The zero-order valence-corrected chi connectivity index (χ0v) is 15.7. The van der Waals surface area contributed by atoms with Crippen molar-refractivity contribution >= 4 is 22.8 Å². The summed E-state index contributed by atoms with van der Waals surface area (Å²) in [4.78, 5) is 26.2. The number of carbonyl (C=O) groups is 1. The molecular weight excluding hydrogens is 350 g/mol. The second-order valence-corrected chi connectivity index (χ2v) is 6.72. The van der Waals surface area contributed by atoms with Crippen molar-refractivity contribution in [1.82, 2.24) is 0 Å². The van der Waals surface area contributed by atoms with E-state index >= 15 is 0 Å². The van der Waals surface area contributed by atoms with Gasteiger partial charge in [-0.15, -0.1) is 0 Å². The molecule has 138 valence electrons. The largest absolute Gasteiger partial charge is 0.439 e. The van der Waals surface area contributed by atoms with E-state index in [-0.39, 0.29) is 17.2 Å². The van der Waals surface area contributed by atoms with Crippen LogP contribution in [0, 0.1) is 13.8 Å². The molecule has 0 aliphatic carbocycles. The Balaban J connectivity index is 1.94. The van der Waals surface area contributed by atoms with Gasteiger partial charge >= 0.3 is 0 Å². The van der Waals surface area contributed by atoms with Crippen LogP contribution in [0.4, 0.5) is 5.88 Å². The van der Waals surface area contributed by atoms with Crippen molar-refractivity contribution in [3.8, 4) is 11.1 Å². The van der Waals surface area contributed by atoms with Gasteiger partial charge in [0.05, 0.1) is 10.9 Å². The summed E-state index contributed by atoms with van der Waals surface area (Å²) < 4.78 is 6.06. The van der Waals surface area contributed by atoms with Crippen LogP contribution in [0.2, 0.25) is 0 Å². The number of rotatable bonds is 3. The molecule has 4 rings (SSSR count). The lowest BCUT2D eigenvalue weighted by atomic mass is 10.0. The first-order valence-electron chi connectivity index (χ1n) is 9.05. The summed E-state index contributed by atoms with van der Waals surface area (Å²) in [5, 5.41) is 3.31. The topological polar surface area (TPSA) is 59.3 Å². The average Bonchev–Trinajstić information content (AvgIpc) is 2.70. The Morgan fingerprint density at radius 1 is 0.821 bits per heavy atom. The van der Waals surface area contributed by atoms with Gasteiger partial charge in [0.25, 0.3) is 5.91 Å². The number of fused-ring (bicyclic) bond motifs is 1. The van der Waals surface area contributed by atoms with Gasteiger partial charge < -0.3 is 4.42 Å². The van der Waals surface area contributed by atoms with Crippen LogP contribution in [0.5, 0.6) is 0 Å². The number of benzene rings is 3. The maximum absolute atomic E-state index is 13.3. The van der Waals surface area contributed by atoms with Crippen LogP contribution in [0.1, 0.15) is 21.5 Å². The summed E-state index contributed by atoms with van der Waals surface area (Å²) in [6.07, 6.45) is 0. The van der Waals surface area contributed by atoms with Gasteiger partial charge in [-0.05, 0) is 42.7 Å². The van der Waals surface area contributed by atoms with Crippen LogP contribution in [-0.4, -0.2) is 5.91 Å². The summed E-state index contributed by atoms with van der Waals surface area (Å²) in [5.74, 6) is -0.155. The molecule has 0 radical (unpaired) electrons. The third-order valence-corrected chi connectivity index (χ3v) is 4.79. The van der Waals surface area contributed by atoms with Crippen LogP contribution in [-0.2, 0) is 0 Å². The number of aryl methyl sites for hydroxylation is 2. The fourth-order valence-electron chi connectivity index (χ4n) is 3.31. The highest BCUT2D eigenvalue weighted by Gasteiger charge is 2.20. The molecule has 0 aliphatic rings. The molecular formula is C24H19NO3. The van der Waals surface area contributed by atoms with Gasteiger partial charge in [0.1, 0.15) is 5.58 Å². The lowest BCUT2D eigenvalue weighted by molar-refractivity contribution is 0.102. The second-order valence-electron chi connectivity index (χ2n) is 6.72. The molecule has 1 N–H and O–H groups in total. The number of hydrogen-bond donors (Lipinski definition) is 1. The molecule has 3 aromatic carbocycles. The molecule has 28 heavy (non-hydrogen) atoms. The van der Waals surface area contributed by atoms with E-state index in [2.05, 4.69) is 5.32 Å². The third-order valence-electron chi connectivity index (χ3n) is 4.79. The van der Waals surface area contributed by atoms with Crippen LogP contribution in [0.3, 0.4) is 0 Å². The van der Waals surface area contributed by atoms with Gasteiger partial charge in [-0.25, -0.2) is 0 Å². The van der Waals surface area contributed by atoms with Crippen molar-refractivity contribution in [2.75, 3.05) is 5.32 Å². The lowest BCUT2D eigenvalue weighted by Gasteiger charge is -2.13. The van der Waals surface area contributed by atoms with Crippen molar-refractivity contribution < 1.29 is 9.21 Å². The number of para-hydroxylation sites is 1. The average molecular weight is 369 g/mol. The SMILES string of the molecule is Cc1ccccc1C(=O)Nc1oc2c(C)cccc2c(=O)c1-c1ccccc1. The first kappa shape index (κ1) is 17.7. The first-order valence-corrected chi connectivity index (χ1v) is 9.05. The van der Waals surface area contributed by atoms with Crippen molar-refractivity contribution in [3.63, 3.8) is 0 Å². The summed E-state index contributed by atoms with van der Waals surface area (Å²) in [5.41, 5.74) is 3.57. The minimum Gasteiger partial charge on any atom is -0.439 e. The van der Waals surface area contributed by atoms with Crippen molar-refractivity contribution in [2.45, 2.75) is 13.8 Å². The van der Waals surface area contributed by atoms with E-state index < -0.39 is 0 Å². The zero-order valence-electron chi connectivity index (χ0n) is 15.7. The van der Waals surface area contributed by atoms with Crippen LogP contribution in [0.25, 0.3) is 22.1 Å². The van der Waals surface area contributed by atoms with Crippen molar-refractivity contribution in [2.24, 2.45) is 0 Å². The monoisotopic (exact) mass is 369 g/mol. The first-order chi connectivity index (χ1) is 13.6. The molecule has 1 amide bonds. The molecule has 4 heteroatoms. The van der Waals surface area contributed by atoms with Crippen LogP contribution < -0.4 is 10.7 Å². The molecule has 0 bridgehead atoms. The smallest absolute Gasteiger partial charge is 0.258 e. The maximum Gasteiger partial charge on any atom is 0.258 e. The number of carbonyl (C=O) groups excluding carboxylic acids is 1. The summed E-state index contributed by atoms with van der Waals surface area (Å²) in [6, 6.07) is 22.0. The van der Waals surface area contributed by atoms with Crippen LogP contribution >= 0.6 is 0 Å². The second kappa shape index (κ2) is 7.16. The number of anilines is 1. The van der Waals surface area contributed by atoms with Crippen LogP contribution in [0.15, 0.2) is 82.0 Å². The van der Waals surface area contributed by atoms with E-state index in [1.807, 2.05) is 68.4 Å². The van der Waals surface area contributed by atoms with E-state index in [1.165, 1.54) is 0 Å². The van der Waals surface area contributed by atoms with Gasteiger partial charge in [0.2, 0.25) is 11.3 Å². The van der Waals surface area contributed by atoms with Gasteiger partial charge in [0.15, 0.2) is 0 Å². The summed E-state index contributed by atoms with van der Waals surface area (Å²) in [7, 11) is 0. The predicted octanol–water partition coefficient (Wildman–Crippen LogP) is 5.33. The molecule has 1 heterocycles. The van der Waals surface area contributed by atoms with Crippen molar-refractivity contribution in [3.05, 3.63) is 99.7 Å². The fourth-order valence-corrected chi connectivity index (χ4v) is 3.31. The van der Waals surface area contributed by atoms with Gasteiger partial charge in [0, 0.05) is 5.56 Å². The third kappa shape index (κ3) is 3.09. The van der Waals surface area contributed by atoms with E-state index in [9.17, 15) is 9.59 Å². The zero-order chi connectivity index (χ0) is 19.7. The molecule has 0 fully saturated rings. The highest BCUT2D eigenvalue weighted by atomic mass is 16.4. The van der Waals surface area contributed by atoms with Gasteiger partial charge in [-0.2, -0.15) is 0 Å². The Morgan fingerprint density at radius 3 is 2.25 bits per heavy atom. The Hall–Kier alpha value is -3.66. The molecule has 0 aliphatic heterocycles. The Bertz CT molecular complexity index is 1240.